The summed E-state index contributed by atoms with van der Waals surface area (Å²) in [7, 11) is 1.75. The van der Waals surface area contributed by atoms with Crippen LogP contribution < -0.4 is 5.32 Å². The lowest BCUT2D eigenvalue weighted by atomic mass is 10.0. The predicted octanol–water partition coefficient (Wildman–Crippen LogP) is 1.01. The molecule has 0 radical (unpaired) electrons. The van der Waals surface area contributed by atoms with Crippen molar-refractivity contribution in [3.63, 3.8) is 0 Å². The van der Waals surface area contributed by atoms with Crippen molar-refractivity contribution in [3.8, 4) is 0 Å². The number of likely N-dealkylation sites (N-methyl/N-ethyl adjacent to an activating group) is 1. The molecule has 15 heavy (non-hydrogen) atoms. The van der Waals surface area contributed by atoms with Gasteiger partial charge in [0.1, 0.15) is 0 Å². The minimum atomic E-state index is -0.344. The van der Waals surface area contributed by atoms with Gasteiger partial charge < -0.3 is 10.4 Å². The number of ketones is 1. The molecule has 3 heteroatoms. The lowest BCUT2D eigenvalue weighted by Crippen LogP contribution is -2.18. The van der Waals surface area contributed by atoms with Gasteiger partial charge in [0.25, 0.3) is 0 Å². The Morgan fingerprint density at radius 2 is 2.00 bits per heavy atom. The molecule has 0 saturated carbocycles. The second-order valence-corrected chi connectivity index (χ2v) is 3.70. The molecule has 0 bridgehead atoms. The smallest absolute Gasteiger partial charge is 0.176 e. The zero-order valence-electron chi connectivity index (χ0n) is 9.16. The van der Waals surface area contributed by atoms with Crippen LogP contribution >= 0.6 is 0 Å². The summed E-state index contributed by atoms with van der Waals surface area (Å²) in [5.41, 5.74) is 1.75. The fourth-order valence-electron chi connectivity index (χ4n) is 1.43. The summed E-state index contributed by atoms with van der Waals surface area (Å²) in [4.78, 5) is 11.5. The van der Waals surface area contributed by atoms with Gasteiger partial charge in [-0.05, 0) is 26.0 Å². The third kappa shape index (κ3) is 3.81. The van der Waals surface area contributed by atoms with E-state index >= 15 is 0 Å². The Hall–Kier alpha value is -1.19. The molecule has 1 atom stereocenters. The Bertz CT molecular complexity index is 317. The number of hydrogen-bond acceptors (Lipinski definition) is 3. The van der Waals surface area contributed by atoms with Gasteiger partial charge in [-0.1, -0.05) is 24.3 Å². The van der Waals surface area contributed by atoms with Crippen molar-refractivity contribution in [2.45, 2.75) is 19.4 Å². The second kappa shape index (κ2) is 5.63. The molecule has 0 fully saturated rings. The van der Waals surface area contributed by atoms with Crippen LogP contribution in [0.3, 0.4) is 0 Å². The number of hydrogen-bond donors (Lipinski definition) is 2. The Morgan fingerprint density at radius 1 is 1.40 bits per heavy atom. The van der Waals surface area contributed by atoms with Crippen molar-refractivity contribution in [3.05, 3.63) is 35.4 Å². The highest BCUT2D eigenvalue weighted by atomic mass is 16.3. The summed E-state index contributed by atoms with van der Waals surface area (Å²) in [6, 6.07) is 7.37. The van der Waals surface area contributed by atoms with Crippen LogP contribution in [0.1, 0.15) is 22.8 Å². The molecular formula is C12H17NO2. The molecule has 0 aliphatic carbocycles. The summed E-state index contributed by atoms with van der Waals surface area (Å²) >= 11 is 0. The molecule has 82 valence electrons. The summed E-state index contributed by atoms with van der Waals surface area (Å²) < 4.78 is 0. The maximum absolute atomic E-state index is 11.5. The van der Waals surface area contributed by atoms with Crippen LogP contribution in [0.25, 0.3) is 0 Å². The van der Waals surface area contributed by atoms with Crippen LogP contribution in [0.5, 0.6) is 0 Å². The molecule has 0 heterocycles. The van der Waals surface area contributed by atoms with E-state index in [1.54, 1.807) is 26.1 Å². The number of benzene rings is 1. The highest BCUT2D eigenvalue weighted by Gasteiger charge is 2.04. The third-order valence-corrected chi connectivity index (χ3v) is 2.14. The van der Waals surface area contributed by atoms with Crippen LogP contribution in [0.2, 0.25) is 0 Å². The topological polar surface area (TPSA) is 49.3 Å². The van der Waals surface area contributed by atoms with E-state index in [4.69, 9.17) is 0 Å². The first-order valence-electron chi connectivity index (χ1n) is 5.08. The molecule has 0 spiro atoms. The number of rotatable bonds is 5. The fourth-order valence-corrected chi connectivity index (χ4v) is 1.43. The lowest BCUT2D eigenvalue weighted by molar-refractivity contribution is 0.0993. The quantitative estimate of drug-likeness (QED) is 0.708. The van der Waals surface area contributed by atoms with E-state index < -0.39 is 0 Å². The van der Waals surface area contributed by atoms with Gasteiger partial charge in [0, 0.05) is 5.56 Å². The average molecular weight is 207 g/mol. The molecule has 1 unspecified atom stereocenters. The number of aliphatic hydroxyl groups excluding tert-OH is 1. The Labute approximate surface area is 90.1 Å². The van der Waals surface area contributed by atoms with E-state index in [9.17, 15) is 9.90 Å². The van der Waals surface area contributed by atoms with Crippen LogP contribution in [-0.2, 0) is 6.42 Å². The highest BCUT2D eigenvalue weighted by Crippen LogP contribution is 2.07. The van der Waals surface area contributed by atoms with Crippen LogP contribution in [0, 0.1) is 0 Å². The van der Waals surface area contributed by atoms with Gasteiger partial charge in [0.05, 0.1) is 12.6 Å². The number of nitrogens with one attached hydrogen (secondary N) is 1. The number of carbonyl (C=O) groups is 1. The average Bonchev–Trinajstić information content (AvgIpc) is 2.18. The molecule has 0 aliphatic heterocycles. The predicted molar refractivity (Wildman–Crippen MR) is 60.1 cm³/mol. The molecule has 1 rings (SSSR count). The van der Waals surface area contributed by atoms with Crippen molar-refractivity contribution in [2.75, 3.05) is 13.6 Å². The van der Waals surface area contributed by atoms with E-state index in [2.05, 4.69) is 5.32 Å². The number of carbonyl (C=O) groups excluding carboxylic acids is 1. The van der Waals surface area contributed by atoms with E-state index in [0.717, 1.165) is 5.56 Å². The fraction of sp³-hybridized carbons (Fsp3) is 0.417. The van der Waals surface area contributed by atoms with Gasteiger partial charge in [-0.3, -0.25) is 4.79 Å². The summed E-state index contributed by atoms with van der Waals surface area (Å²) in [5.74, 6) is 0.0843. The van der Waals surface area contributed by atoms with Gasteiger partial charge in [-0.15, -0.1) is 0 Å². The summed E-state index contributed by atoms with van der Waals surface area (Å²) in [6.45, 7) is 2.11. The van der Waals surface area contributed by atoms with E-state index in [1.165, 1.54) is 0 Å². The molecule has 2 N–H and O–H groups in total. The van der Waals surface area contributed by atoms with Crippen molar-refractivity contribution in [2.24, 2.45) is 0 Å². The second-order valence-electron chi connectivity index (χ2n) is 3.70. The Kier molecular flexibility index (Phi) is 4.46. The Morgan fingerprint density at radius 3 is 2.47 bits per heavy atom. The van der Waals surface area contributed by atoms with Crippen LogP contribution in [0.15, 0.2) is 24.3 Å². The minimum Gasteiger partial charge on any atom is -0.393 e. The van der Waals surface area contributed by atoms with Gasteiger partial charge in [-0.25, -0.2) is 0 Å². The summed E-state index contributed by atoms with van der Waals surface area (Å²) in [5, 5.41) is 12.0. The van der Waals surface area contributed by atoms with Crippen molar-refractivity contribution < 1.29 is 9.90 Å². The van der Waals surface area contributed by atoms with E-state index in [-0.39, 0.29) is 11.9 Å². The largest absolute Gasteiger partial charge is 0.393 e. The lowest BCUT2D eigenvalue weighted by Gasteiger charge is -2.05. The minimum absolute atomic E-state index is 0.0843. The standard InChI is InChI=1S/C12H17NO2/c1-9(14)7-10-3-5-11(6-4-10)12(15)8-13-2/h3-6,9,13-14H,7-8H2,1-2H3. The van der Waals surface area contributed by atoms with Crippen LogP contribution in [0.4, 0.5) is 0 Å². The molecule has 0 aliphatic rings. The number of Topliss-reactive ketones (excluding diaryl/α,β-unsaturated/α-hetero) is 1. The molecule has 1 aromatic carbocycles. The third-order valence-electron chi connectivity index (χ3n) is 2.14. The SMILES string of the molecule is CNCC(=O)c1ccc(CC(C)O)cc1. The molecule has 1 aromatic rings. The van der Waals surface area contributed by atoms with E-state index in [1.807, 2.05) is 12.1 Å². The zero-order valence-corrected chi connectivity index (χ0v) is 9.16. The van der Waals surface area contributed by atoms with Crippen molar-refractivity contribution >= 4 is 5.78 Å². The van der Waals surface area contributed by atoms with Crippen LogP contribution in [-0.4, -0.2) is 30.6 Å². The molecule has 0 saturated heterocycles. The van der Waals surface area contributed by atoms with Crippen molar-refractivity contribution in [1.29, 1.82) is 0 Å². The molecule has 0 amide bonds. The maximum atomic E-state index is 11.5. The summed E-state index contributed by atoms with van der Waals surface area (Å²) in [6.07, 6.45) is 0.282. The monoisotopic (exact) mass is 207 g/mol. The highest BCUT2D eigenvalue weighted by molar-refractivity contribution is 5.97. The van der Waals surface area contributed by atoms with E-state index in [0.29, 0.717) is 18.5 Å². The molecule has 3 nitrogen and oxygen atoms in total. The number of aliphatic hydroxyl groups is 1. The maximum Gasteiger partial charge on any atom is 0.176 e. The first kappa shape index (κ1) is 11.9. The first-order chi connectivity index (χ1) is 7.13. The van der Waals surface area contributed by atoms with Gasteiger partial charge in [-0.2, -0.15) is 0 Å². The zero-order chi connectivity index (χ0) is 11.3. The van der Waals surface area contributed by atoms with Gasteiger partial charge >= 0.3 is 0 Å². The Balaban J connectivity index is 2.67. The molecule has 0 aromatic heterocycles. The first-order valence-corrected chi connectivity index (χ1v) is 5.08. The van der Waals surface area contributed by atoms with Crippen molar-refractivity contribution in [1.82, 2.24) is 5.32 Å². The van der Waals surface area contributed by atoms with Gasteiger partial charge in [0.15, 0.2) is 5.78 Å². The normalized spacial score (nSPS) is 12.5. The van der Waals surface area contributed by atoms with Gasteiger partial charge in [0.2, 0.25) is 0 Å². The molecular weight excluding hydrogens is 190 g/mol.